The molecule has 2 saturated heterocycles. The number of hydrogen-bond donors (Lipinski definition) is 0. The van der Waals surface area contributed by atoms with Gasteiger partial charge in [-0.15, -0.1) is 0 Å². The van der Waals surface area contributed by atoms with Crippen LogP contribution in [0.5, 0.6) is 5.75 Å². The Hall–Kier alpha value is -1.10. The van der Waals surface area contributed by atoms with Gasteiger partial charge in [-0.1, -0.05) is 18.6 Å². The number of piperidine rings is 2. The Morgan fingerprint density at radius 3 is 2.38 bits per heavy atom. The van der Waals surface area contributed by atoms with Gasteiger partial charge in [0.2, 0.25) is 0 Å². The molecular weight excluding hydrogens is 324 g/mol. The minimum atomic E-state index is 0.831. The first-order valence-electron chi connectivity index (χ1n) is 10.5. The Morgan fingerprint density at radius 2 is 1.69 bits per heavy atom. The van der Waals surface area contributed by atoms with Crippen molar-refractivity contribution in [2.75, 3.05) is 53.0 Å². The van der Waals surface area contributed by atoms with Crippen LogP contribution in [-0.2, 0) is 11.3 Å². The first-order chi connectivity index (χ1) is 12.8. The molecule has 3 aliphatic rings. The van der Waals surface area contributed by atoms with E-state index in [1.165, 1.54) is 64.0 Å². The standard InChI is InChI=1S/C22H34N2O2/c1-25-19-8-6-18(7-9-19)14-24-15-20-21(16-24)22(20)17-26-13-5-12-23-10-3-2-4-11-23/h6-9,20-22H,2-5,10-17H2,1H3/t20-,21+,22?. The van der Waals surface area contributed by atoms with Gasteiger partial charge in [0.25, 0.3) is 0 Å². The summed E-state index contributed by atoms with van der Waals surface area (Å²) in [6.45, 7) is 9.34. The second kappa shape index (κ2) is 8.73. The maximum atomic E-state index is 6.00. The van der Waals surface area contributed by atoms with Crippen LogP contribution in [0.15, 0.2) is 24.3 Å². The number of likely N-dealkylation sites (tertiary alicyclic amines) is 2. The lowest BCUT2D eigenvalue weighted by molar-refractivity contribution is 0.0967. The third kappa shape index (κ3) is 4.59. The van der Waals surface area contributed by atoms with Crippen molar-refractivity contribution < 1.29 is 9.47 Å². The molecule has 0 bridgehead atoms. The number of rotatable bonds is 9. The van der Waals surface area contributed by atoms with Crippen LogP contribution in [0, 0.1) is 17.8 Å². The molecule has 26 heavy (non-hydrogen) atoms. The average molecular weight is 359 g/mol. The zero-order valence-corrected chi connectivity index (χ0v) is 16.2. The fourth-order valence-corrected chi connectivity index (χ4v) is 4.89. The molecule has 0 radical (unpaired) electrons. The minimum Gasteiger partial charge on any atom is -0.497 e. The maximum Gasteiger partial charge on any atom is 0.118 e. The van der Waals surface area contributed by atoms with E-state index in [1.807, 2.05) is 0 Å². The van der Waals surface area contributed by atoms with E-state index in [2.05, 4.69) is 34.1 Å². The second-order valence-electron chi connectivity index (χ2n) is 8.36. The van der Waals surface area contributed by atoms with Gasteiger partial charge in [0.1, 0.15) is 5.75 Å². The number of ether oxygens (including phenoxy) is 2. The lowest BCUT2D eigenvalue weighted by Crippen LogP contribution is -2.31. The molecule has 0 aromatic heterocycles. The van der Waals surface area contributed by atoms with E-state index in [9.17, 15) is 0 Å². The number of nitrogens with zero attached hydrogens (tertiary/aromatic N) is 2. The van der Waals surface area contributed by atoms with E-state index in [1.54, 1.807) is 7.11 Å². The average Bonchev–Trinajstić information content (AvgIpc) is 3.14. The molecule has 4 rings (SSSR count). The van der Waals surface area contributed by atoms with Gasteiger partial charge in [-0.2, -0.15) is 0 Å². The normalized spacial score (nSPS) is 28.9. The van der Waals surface area contributed by atoms with Crippen LogP contribution in [0.1, 0.15) is 31.2 Å². The van der Waals surface area contributed by atoms with Gasteiger partial charge < -0.3 is 14.4 Å². The van der Waals surface area contributed by atoms with Crippen molar-refractivity contribution in [3.63, 3.8) is 0 Å². The SMILES string of the molecule is COc1ccc(CN2C[C@@H]3C(COCCCN4CCCCC4)[C@@H]3C2)cc1. The second-order valence-corrected chi connectivity index (χ2v) is 8.36. The molecular formula is C22H34N2O2. The largest absolute Gasteiger partial charge is 0.497 e. The Labute approximate surface area is 158 Å². The van der Waals surface area contributed by atoms with Crippen LogP contribution in [0.4, 0.5) is 0 Å². The summed E-state index contributed by atoms with van der Waals surface area (Å²) in [5.74, 6) is 3.54. The number of benzene rings is 1. The van der Waals surface area contributed by atoms with Gasteiger partial charge in [-0.3, -0.25) is 4.90 Å². The molecule has 1 unspecified atom stereocenters. The summed E-state index contributed by atoms with van der Waals surface area (Å²) in [5, 5.41) is 0. The number of methoxy groups -OCH3 is 1. The zero-order valence-electron chi connectivity index (χ0n) is 16.2. The quantitative estimate of drug-likeness (QED) is 0.633. The zero-order chi connectivity index (χ0) is 17.8. The highest BCUT2D eigenvalue weighted by Gasteiger charge is 2.55. The van der Waals surface area contributed by atoms with E-state index < -0.39 is 0 Å². The summed E-state index contributed by atoms with van der Waals surface area (Å²) in [7, 11) is 1.72. The van der Waals surface area contributed by atoms with E-state index in [0.29, 0.717) is 0 Å². The Bertz CT molecular complexity index is 544. The van der Waals surface area contributed by atoms with Crippen LogP contribution in [0.25, 0.3) is 0 Å². The molecule has 1 aromatic carbocycles. The topological polar surface area (TPSA) is 24.9 Å². The Morgan fingerprint density at radius 1 is 0.962 bits per heavy atom. The maximum absolute atomic E-state index is 6.00. The number of fused-ring (bicyclic) bond motifs is 1. The predicted octanol–water partition coefficient (Wildman–Crippen LogP) is 3.27. The highest BCUT2D eigenvalue weighted by Crippen LogP contribution is 2.52. The first kappa shape index (κ1) is 18.3. The molecule has 0 spiro atoms. The highest BCUT2D eigenvalue weighted by atomic mass is 16.5. The van der Waals surface area contributed by atoms with Crippen LogP contribution >= 0.6 is 0 Å². The molecule has 3 atom stereocenters. The summed E-state index contributed by atoms with van der Waals surface area (Å²) in [6, 6.07) is 8.50. The van der Waals surface area contributed by atoms with Gasteiger partial charge in [0.15, 0.2) is 0 Å². The van der Waals surface area contributed by atoms with Crippen molar-refractivity contribution in [2.24, 2.45) is 17.8 Å². The molecule has 3 fully saturated rings. The lowest BCUT2D eigenvalue weighted by Gasteiger charge is -2.26. The van der Waals surface area contributed by atoms with Gasteiger partial charge in [0, 0.05) is 32.8 Å². The Balaban J connectivity index is 1.07. The minimum absolute atomic E-state index is 0.831. The molecule has 2 heterocycles. The van der Waals surface area contributed by atoms with Crippen molar-refractivity contribution in [3.05, 3.63) is 29.8 Å². The monoisotopic (exact) mass is 358 g/mol. The Kier molecular flexibility index (Phi) is 6.13. The molecule has 144 valence electrons. The van der Waals surface area contributed by atoms with E-state index in [0.717, 1.165) is 43.3 Å². The summed E-state index contributed by atoms with van der Waals surface area (Å²) >= 11 is 0. The summed E-state index contributed by atoms with van der Waals surface area (Å²) < 4.78 is 11.2. The molecule has 1 aromatic rings. The molecule has 2 aliphatic heterocycles. The van der Waals surface area contributed by atoms with Crippen LogP contribution < -0.4 is 4.74 Å². The van der Waals surface area contributed by atoms with Gasteiger partial charge in [-0.05, 0) is 67.8 Å². The molecule has 1 aliphatic carbocycles. The summed E-state index contributed by atoms with van der Waals surface area (Å²) in [5.41, 5.74) is 1.39. The summed E-state index contributed by atoms with van der Waals surface area (Å²) in [4.78, 5) is 5.21. The number of hydrogen-bond acceptors (Lipinski definition) is 4. The van der Waals surface area contributed by atoms with Crippen molar-refractivity contribution in [2.45, 2.75) is 32.2 Å². The molecule has 0 amide bonds. The third-order valence-electron chi connectivity index (χ3n) is 6.53. The molecule has 4 nitrogen and oxygen atoms in total. The molecule has 4 heteroatoms. The summed E-state index contributed by atoms with van der Waals surface area (Å²) in [6.07, 6.45) is 5.40. The van der Waals surface area contributed by atoms with Crippen molar-refractivity contribution in [1.29, 1.82) is 0 Å². The highest BCUT2D eigenvalue weighted by molar-refractivity contribution is 5.27. The van der Waals surface area contributed by atoms with Gasteiger partial charge in [0.05, 0.1) is 13.7 Å². The van der Waals surface area contributed by atoms with Crippen molar-refractivity contribution >= 4 is 0 Å². The van der Waals surface area contributed by atoms with Gasteiger partial charge >= 0.3 is 0 Å². The third-order valence-corrected chi connectivity index (χ3v) is 6.53. The van der Waals surface area contributed by atoms with Crippen molar-refractivity contribution in [3.8, 4) is 5.75 Å². The first-order valence-corrected chi connectivity index (χ1v) is 10.5. The predicted molar refractivity (Wildman–Crippen MR) is 104 cm³/mol. The molecule has 0 N–H and O–H groups in total. The smallest absolute Gasteiger partial charge is 0.118 e. The van der Waals surface area contributed by atoms with E-state index in [-0.39, 0.29) is 0 Å². The van der Waals surface area contributed by atoms with E-state index >= 15 is 0 Å². The molecule has 1 saturated carbocycles. The van der Waals surface area contributed by atoms with Crippen LogP contribution in [0.3, 0.4) is 0 Å². The van der Waals surface area contributed by atoms with Crippen LogP contribution in [-0.4, -0.2) is 62.8 Å². The van der Waals surface area contributed by atoms with Gasteiger partial charge in [-0.25, -0.2) is 0 Å². The lowest BCUT2D eigenvalue weighted by atomic mass is 10.1. The van der Waals surface area contributed by atoms with E-state index in [4.69, 9.17) is 9.47 Å². The van der Waals surface area contributed by atoms with Crippen LogP contribution in [0.2, 0.25) is 0 Å². The fraction of sp³-hybridized carbons (Fsp3) is 0.727. The van der Waals surface area contributed by atoms with Crippen molar-refractivity contribution in [1.82, 2.24) is 9.80 Å². The fourth-order valence-electron chi connectivity index (χ4n) is 4.89.